The van der Waals surface area contributed by atoms with E-state index in [4.69, 9.17) is 4.74 Å². The lowest BCUT2D eigenvalue weighted by molar-refractivity contribution is -0.384. The number of carbonyl (C=O) groups excluding carboxylic acids is 1. The van der Waals surface area contributed by atoms with E-state index in [1.807, 2.05) is 11.8 Å². The van der Waals surface area contributed by atoms with Crippen LogP contribution in [0.15, 0.2) is 36.4 Å². The lowest BCUT2D eigenvalue weighted by Gasteiger charge is -2.25. The summed E-state index contributed by atoms with van der Waals surface area (Å²) in [4.78, 5) is 24.4. The van der Waals surface area contributed by atoms with Crippen LogP contribution in [0.4, 0.5) is 20.2 Å². The third-order valence-corrected chi connectivity index (χ3v) is 4.45. The molecule has 1 atom stereocenters. The van der Waals surface area contributed by atoms with Gasteiger partial charge in [0.15, 0.2) is 11.6 Å². The molecular weight excluding hydrogens is 372 g/mol. The van der Waals surface area contributed by atoms with Crippen molar-refractivity contribution < 1.29 is 23.2 Å². The molecule has 2 rings (SSSR count). The molecule has 0 aliphatic heterocycles. The number of nitro groups is 1. The fraction of sp³-hybridized carbons (Fsp3) is 0.316. The minimum atomic E-state index is -0.923. The Kier molecular flexibility index (Phi) is 7.00. The molecule has 0 saturated heterocycles. The van der Waals surface area contributed by atoms with E-state index in [-0.39, 0.29) is 29.7 Å². The van der Waals surface area contributed by atoms with Gasteiger partial charge in [-0.3, -0.25) is 19.8 Å². The zero-order valence-corrected chi connectivity index (χ0v) is 15.7. The van der Waals surface area contributed by atoms with E-state index < -0.39 is 16.6 Å². The van der Waals surface area contributed by atoms with Crippen molar-refractivity contribution in [1.29, 1.82) is 0 Å². The first-order chi connectivity index (χ1) is 13.2. The first-order valence-corrected chi connectivity index (χ1v) is 8.50. The monoisotopic (exact) mass is 393 g/mol. The van der Waals surface area contributed by atoms with Gasteiger partial charge in [0.25, 0.3) is 5.69 Å². The van der Waals surface area contributed by atoms with Crippen LogP contribution in [0.2, 0.25) is 0 Å². The summed E-state index contributed by atoms with van der Waals surface area (Å²) < 4.78 is 31.6. The van der Waals surface area contributed by atoms with Crippen LogP contribution in [-0.2, 0) is 4.79 Å². The summed E-state index contributed by atoms with van der Waals surface area (Å²) in [6, 6.07) is 7.37. The summed E-state index contributed by atoms with van der Waals surface area (Å²) in [5, 5.41) is 13.5. The molecular formula is C19H21F2N3O4. The van der Waals surface area contributed by atoms with Gasteiger partial charge in [0, 0.05) is 31.1 Å². The second-order valence-electron chi connectivity index (χ2n) is 6.27. The normalized spacial score (nSPS) is 11.9. The average Bonchev–Trinajstić information content (AvgIpc) is 2.67. The first-order valence-electron chi connectivity index (χ1n) is 8.50. The Labute approximate surface area is 161 Å². The number of nitro benzene ring substituents is 1. The summed E-state index contributed by atoms with van der Waals surface area (Å²) >= 11 is 0. The SMILES string of the molecule is COc1ccc([N+](=O)[O-])cc1NC(=O)CCN(C)C(C)c1ccc(F)c(F)c1. The van der Waals surface area contributed by atoms with Crippen molar-refractivity contribution in [2.45, 2.75) is 19.4 Å². The van der Waals surface area contributed by atoms with E-state index >= 15 is 0 Å². The molecule has 28 heavy (non-hydrogen) atoms. The van der Waals surface area contributed by atoms with Gasteiger partial charge < -0.3 is 10.1 Å². The zero-order chi connectivity index (χ0) is 20.8. The number of benzene rings is 2. The topological polar surface area (TPSA) is 84.7 Å². The number of methoxy groups -OCH3 is 1. The van der Waals surface area contributed by atoms with Gasteiger partial charge in [0.05, 0.1) is 17.7 Å². The lowest BCUT2D eigenvalue weighted by atomic mass is 10.1. The molecule has 2 aromatic carbocycles. The van der Waals surface area contributed by atoms with E-state index in [1.165, 1.54) is 31.4 Å². The molecule has 0 aliphatic carbocycles. The number of ether oxygens (including phenoxy) is 1. The van der Waals surface area contributed by atoms with E-state index in [0.29, 0.717) is 17.9 Å². The molecule has 0 heterocycles. The maximum atomic E-state index is 13.4. The Hall–Kier alpha value is -3.07. The number of nitrogens with one attached hydrogen (secondary N) is 1. The van der Waals surface area contributed by atoms with Gasteiger partial charge in [-0.1, -0.05) is 6.07 Å². The van der Waals surface area contributed by atoms with Crippen LogP contribution in [0.25, 0.3) is 0 Å². The highest BCUT2D eigenvalue weighted by Gasteiger charge is 2.17. The van der Waals surface area contributed by atoms with Crippen molar-refractivity contribution in [3.05, 3.63) is 63.7 Å². The maximum absolute atomic E-state index is 13.4. The Bertz CT molecular complexity index is 876. The predicted octanol–water partition coefficient (Wildman–Crippen LogP) is 3.90. The Morgan fingerprint density at radius 2 is 1.96 bits per heavy atom. The number of halogens is 2. The highest BCUT2D eigenvalue weighted by atomic mass is 19.2. The Morgan fingerprint density at radius 3 is 2.57 bits per heavy atom. The minimum absolute atomic E-state index is 0.0936. The van der Waals surface area contributed by atoms with Crippen molar-refractivity contribution in [2.24, 2.45) is 0 Å². The fourth-order valence-electron chi connectivity index (χ4n) is 2.62. The second-order valence-corrected chi connectivity index (χ2v) is 6.27. The maximum Gasteiger partial charge on any atom is 0.271 e. The van der Waals surface area contributed by atoms with Crippen molar-refractivity contribution in [1.82, 2.24) is 4.90 Å². The quantitative estimate of drug-likeness (QED) is 0.543. The smallest absolute Gasteiger partial charge is 0.271 e. The van der Waals surface area contributed by atoms with Crippen molar-refractivity contribution >= 4 is 17.3 Å². The predicted molar refractivity (Wildman–Crippen MR) is 100 cm³/mol. The minimum Gasteiger partial charge on any atom is -0.495 e. The number of hydrogen-bond acceptors (Lipinski definition) is 5. The van der Waals surface area contributed by atoms with Crippen LogP contribution < -0.4 is 10.1 Å². The molecule has 150 valence electrons. The van der Waals surface area contributed by atoms with Crippen LogP contribution in [0.1, 0.15) is 24.9 Å². The van der Waals surface area contributed by atoms with E-state index in [1.54, 1.807) is 7.05 Å². The van der Waals surface area contributed by atoms with Gasteiger partial charge in [0.1, 0.15) is 5.75 Å². The third kappa shape index (κ3) is 5.23. The number of hydrogen-bond donors (Lipinski definition) is 1. The van der Waals surface area contributed by atoms with Gasteiger partial charge >= 0.3 is 0 Å². The molecule has 0 bridgehead atoms. The summed E-state index contributed by atoms with van der Waals surface area (Å²) in [7, 11) is 3.15. The number of amides is 1. The molecule has 0 aromatic heterocycles. The first kappa shape index (κ1) is 21.2. The highest BCUT2D eigenvalue weighted by molar-refractivity contribution is 5.92. The molecule has 0 radical (unpaired) electrons. The van der Waals surface area contributed by atoms with E-state index in [9.17, 15) is 23.7 Å². The average molecular weight is 393 g/mol. The Balaban J connectivity index is 1.99. The van der Waals surface area contributed by atoms with Gasteiger partial charge in [-0.15, -0.1) is 0 Å². The third-order valence-electron chi connectivity index (χ3n) is 4.45. The number of non-ortho nitro benzene ring substituents is 1. The fourth-order valence-corrected chi connectivity index (χ4v) is 2.62. The van der Waals surface area contributed by atoms with Crippen LogP contribution in [0.5, 0.6) is 5.75 Å². The molecule has 9 heteroatoms. The number of anilines is 1. The summed E-state index contributed by atoms with van der Waals surface area (Å²) in [5.41, 5.74) is 0.625. The van der Waals surface area contributed by atoms with E-state index in [2.05, 4.69) is 5.32 Å². The largest absolute Gasteiger partial charge is 0.495 e. The molecule has 7 nitrogen and oxygen atoms in total. The summed E-state index contributed by atoms with van der Waals surface area (Å²) in [6.45, 7) is 2.15. The summed E-state index contributed by atoms with van der Waals surface area (Å²) in [5.74, 6) is -1.89. The van der Waals surface area contributed by atoms with Crippen LogP contribution in [0.3, 0.4) is 0 Å². The van der Waals surface area contributed by atoms with Gasteiger partial charge in [-0.25, -0.2) is 8.78 Å². The zero-order valence-electron chi connectivity index (χ0n) is 15.7. The van der Waals surface area contributed by atoms with Crippen molar-refractivity contribution in [3.8, 4) is 5.75 Å². The van der Waals surface area contributed by atoms with Gasteiger partial charge in [-0.05, 0) is 37.7 Å². The van der Waals surface area contributed by atoms with Gasteiger partial charge in [0.2, 0.25) is 5.91 Å². The molecule has 0 fully saturated rings. The van der Waals surface area contributed by atoms with Crippen LogP contribution >= 0.6 is 0 Å². The van der Waals surface area contributed by atoms with Crippen LogP contribution in [0, 0.1) is 21.7 Å². The van der Waals surface area contributed by atoms with Crippen molar-refractivity contribution in [2.75, 3.05) is 26.0 Å². The number of rotatable bonds is 8. The van der Waals surface area contributed by atoms with Crippen LogP contribution in [-0.4, -0.2) is 36.4 Å². The molecule has 0 saturated carbocycles. The second kappa shape index (κ2) is 9.23. The molecule has 0 aliphatic rings. The standard InChI is InChI=1S/C19H21F2N3O4/c1-12(13-4-6-15(20)16(21)10-13)23(2)9-8-19(25)22-17-11-14(24(26)27)5-7-18(17)28-3/h4-7,10-12H,8-9H2,1-3H3,(H,22,25). The molecule has 0 spiro atoms. The van der Waals surface area contributed by atoms with Gasteiger partial charge in [-0.2, -0.15) is 0 Å². The molecule has 1 unspecified atom stereocenters. The molecule has 1 N–H and O–H groups in total. The van der Waals surface area contributed by atoms with E-state index in [0.717, 1.165) is 12.1 Å². The molecule has 1 amide bonds. The highest BCUT2D eigenvalue weighted by Crippen LogP contribution is 2.29. The molecule has 2 aromatic rings. The van der Waals surface area contributed by atoms with Crippen molar-refractivity contribution in [3.63, 3.8) is 0 Å². The number of nitrogens with zero attached hydrogens (tertiary/aromatic N) is 2. The lowest BCUT2D eigenvalue weighted by Crippen LogP contribution is -2.27. The summed E-state index contributed by atoms with van der Waals surface area (Å²) in [6.07, 6.45) is 0.0936. The Morgan fingerprint density at radius 1 is 1.25 bits per heavy atom. The number of carbonyl (C=O) groups is 1.